The summed E-state index contributed by atoms with van der Waals surface area (Å²) in [5.74, 6) is 0.472. The Bertz CT molecular complexity index is 158. The third-order valence-electron chi connectivity index (χ3n) is 2.01. The molecule has 56 valence electrons. The largest absolute Gasteiger partial charge is 0.356 e. The minimum Gasteiger partial charge on any atom is -0.356 e. The van der Waals surface area contributed by atoms with Gasteiger partial charge in [0.15, 0.2) is 6.23 Å². The highest BCUT2D eigenvalue weighted by atomic mass is 16.5. The normalized spacial score (nSPS) is 38.3. The van der Waals surface area contributed by atoms with E-state index in [4.69, 9.17) is 4.74 Å². The Morgan fingerprint density at radius 2 is 2.60 bits per heavy atom. The molecule has 3 heteroatoms. The first-order valence-electron chi connectivity index (χ1n) is 3.80. The molecule has 0 radical (unpaired) electrons. The van der Waals surface area contributed by atoms with Gasteiger partial charge in [-0.15, -0.1) is 0 Å². The second-order valence-corrected chi connectivity index (χ2v) is 2.90. The standard InChI is InChI=1S/C7H12N2O/c1-6-5-8-9-3-2-4-10-7(6)9/h5-7H,2-4H2,1H3/t6-,7?/m1/s1. The molecule has 2 heterocycles. The van der Waals surface area contributed by atoms with Crippen LogP contribution in [-0.4, -0.2) is 30.6 Å². The summed E-state index contributed by atoms with van der Waals surface area (Å²) in [6.45, 7) is 4.10. The first kappa shape index (κ1) is 6.16. The first-order valence-corrected chi connectivity index (χ1v) is 3.80. The lowest BCUT2D eigenvalue weighted by atomic mass is 10.1. The van der Waals surface area contributed by atoms with Gasteiger partial charge in [0.2, 0.25) is 0 Å². The molecule has 2 atom stereocenters. The van der Waals surface area contributed by atoms with Crippen LogP contribution in [0.15, 0.2) is 5.10 Å². The molecule has 1 saturated heterocycles. The fourth-order valence-electron chi connectivity index (χ4n) is 1.45. The predicted molar refractivity (Wildman–Crippen MR) is 38.7 cm³/mol. The van der Waals surface area contributed by atoms with E-state index < -0.39 is 0 Å². The number of nitrogens with zero attached hydrogens (tertiary/aromatic N) is 2. The molecule has 2 rings (SSSR count). The van der Waals surface area contributed by atoms with Gasteiger partial charge in [0.1, 0.15) is 0 Å². The molecule has 10 heavy (non-hydrogen) atoms. The van der Waals surface area contributed by atoms with Gasteiger partial charge < -0.3 is 4.74 Å². The number of hydrogen-bond acceptors (Lipinski definition) is 3. The summed E-state index contributed by atoms with van der Waals surface area (Å²) >= 11 is 0. The van der Waals surface area contributed by atoms with Crippen molar-refractivity contribution in [3.05, 3.63) is 0 Å². The zero-order chi connectivity index (χ0) is 6.97. The van der Waals surface area contributed by atoms with Gasteiger partial charge in [0.05, 0.1) is 6.61 Å². The van der Waals surface area contributed by atoms with Crippen molar-refractivity contribution in [2.75, 3.05) is 13.2 Å². The number of hydrogen-bond donors (Lipinski definition) is 0. The first-order chi connectivity index (χ1) is 4.88. The molecule has 0 N–H and O–H groups in total. The molecular weight excluding hydrogens is 128 g/mol. The van der Waals surface area contributed by atoms with Crippen molar-refractivity contribution in [1.82, 2.24) is 5.01 Å². The van der Waals surface area contributed by atoms with Crippen molar-refractivity contribution in [3.8, 4) is 0 Å². The Hall–Kier alpha value is -0.570. The topological polar surface area (TPSA) is 24.8 Å². The van der Waals surface area contributed by atoms with E-state index in [0.717, 1.165) is 19.6 Å². The Balaban J connectivity index is 2.07. The van der Waals surface area contributed by atoms with Crippen molar-refractivity contribution in [1.29, 1.82) is 0 Å². The van der Waals surface area contributed by atoms with E-state index in [2.05, 4.69) is 12.0 Å². The molecule has 2 aliphatic heterocycles. The minimum atomic E-state index is 0.244. The quantitative estimate of drug-likeness (QED) is 0.494. The molecule has 2 aliphatic rings. The summed E-state index contributed by atoms with van der Waals surface area (Å²) in [5, 5.41) is 6.26. The Kier molecular flexibility index (Phi) is 1.38. The summed E-state index contributed by atoms with van der Waals surface area (Å²) in [6.07, 6.45) is 3.32. The van der Waals surface area contributed by atoms with Crippen molar-refractivity contribution in [2.45, 2.75) is 19.6 Å². The fraction of sp³-hybridized carbons (Fsp3) is 0.857. The Morgan fingerprint density at radius 1 is 1.70 bits per heavy atom. The van der Waals surface area contributed by atoms with Crippen LogP contribution in [0.25, 0.3) is 0 Å². The number of ether oxygens (including phenoxy) is 1. The molecule has 0 bridgehead atoms. The number of hydrazone groups is 1. The van der Waals surface area contributed by atoms with Crippen molar-refractivity contribution in [3.63, 3.8) is 0 Å². The third-order valence-corrected chi connectivity index (χ3v) is 2.01. The molecule has 0 aromatic rings. The fourth-order valence-corrected chi connectivity index (χ4v) is 1.45. The molecule has 1 fully saturated rings. The average molecular weight is 140 g/mol. The summed E-state index contributed by atoms with van der Waals surface area (Å²) in [7, 11) is 0. The maximum absolute atomic E-state index is 5.52. The van der Waals surface area contributed by atoms with Gasteiger partial charge in [-0.3, -0.25) is 5.01 Å². The minimum absolute atomic E-state index is 0.244. The lowest BCUT2D eigenvalue weighted by Crippen LogP contribution is -2.39. The highest BCUT2D eigenvalue weighted by Gasteiger charge is 2.30. The van der Waals surface area contributed by atoms with Gasteiger partial charge in [0, 0.05) is 18.7 Å². The monoisotopic (exact) mass is 140 g/mol. The predicted octanol–water partition coefficient (Wildman–Crippen LogP) is 0.670. The summed E-state index contributed by atoms with van der Waals surface area (Å²) in [6, 6.07) is 0. The Morgan fingerprint density at radius 3 is 3.40 bits per heavy atom. The summed E-state index contributed by atoms with van der Waals surface area (Å²) in [4.78, 5) is 0. The van der Waals surface area contributed by atoms with Crippen LogP contribution in [0.2, 0.25) is 0 Å². The van der Waals surface area contributed by atoms with E-state index in [0.29, 0.717) is 5.92 Å². The molecule has 0 aromatic carbocycles. The highest BCUT2D eigenvalue weighted by molar-refractivity contribution is 5.62. The maximum Gasteiger partial charge on any atom is 0.153 e. The van der Waals surface area contributed by atoms with Crippen LogP contribution in [0.5, 0.6) is 0 Å². The third kappa shape index (κ3) is 0.814. The molecule has 0 spiro atoms. The van der Waals surface area contributed by atoms with Gasteiger partial charge in [-0.05, 0) is 6.42 Å². The van der Waals surface area contributed by atoms with E-state index in [-0.39, 0.29) is 6.23 Å². The van der Waals surface area contributed by atoms with E-state index >= 15 is 0 Å². The van der Waals surface area contributed by atoms with Crippen LogP contribution in [-0.2, 0) is 4.74 Å². The lowest BCUT2D eigenvalue weighted by molar-refractivity contribution is -0.0966. The molecule has 3 nitrogen and oxygen atoms in total. The van der Waals surface area contributed by atoms with Crippen LogP contribution >= 0.6 is 0 Å². The zero-order valence-electron chi connectivity index (χ0n) is 6.16. The summed E-state index contributed by atoms with van der Waals surface area (Å²) < 4.78 is 5.52. The molecular formula is C7H12N2O. The number of fused-ring (bicyclic) bond motifs is 1. The van der Waals surface area contributed by atoms with Crippen LogP contribution in [0, 0.1) is 5.92 Å². The Labute approximate surface area is 60.7 Å². The molecule has 0 aromatic heterocycles. The lowest BCUT2D eigenvalue weighted by Gasteiger charge is -2.30. The summed E-state index contributed by atoms with van der Waals surface area (Å²) in [5.41, 5.74) is 0. The van der Waals surface area contributed by atoms with E-state index in [1.807, 2.05) is 11.2 Å². The van der Waals surface area contributed by atoms with Crippen molar-refractivity contribution in [2.24, 2.45) is 11.0 Å². The van der Waals surface area contributed by atoms with Crippen molar-refractivity contribution < 1.29 is 4.74 Å². The van der Waals surface area contributed by atoms with Gasteiger partial charge in [-0.1, -0.05) is 6.92 Å². The number of rotatable bonds is 0. The van der Waals surface area contributed by atoms with Gasteiger partial charge >= 0.3 is 0 Å². The van der Waals surface area contributed by atoms with Gasteiger partial charge in [-0.2, -0.15) is 5.10 Å². The van der Waals surface area contributed by atoms with Crippen LogP contribution in [0.3, 0.4) is 0 Å². The molecule has 0 saturated carbocycles. The van der Waals surface area contributed by atoms with E-state index in [1.54, 1.807) is 0 Å². The van der Waals surface area contributed by atoms with Crippen LogP contribution in [0.1, 0.15) is 13.3 Å². The molecule has 1 unspecified atom stereocenters. The molecule has 0 amide bonds. The van der Waals surface area contributed by atoms with Crippen LogP contribution in [0.4, 0.5) is 0 Å². The highest BCUT2D eigenvalue weighted by Crippen LogP contribution is 2.21. The SMILES string of the molecule is C[C@@H]1C=NN2CCCOC12. The second-order valence-electron chi connectivity index (χ2n) is 2.90. The van der Waals surface area contributed by atoms with Gasteiger partial charge in [-0.25, -0.2) is 0 Å². The smallest absolute Gasteiger partial charge is 0.153 e. The second kappa shape index (κ2) is 2.23. The van der Waals surface area contributed by atoms with Gasteiger partial charge in [0.25, 0.3) is 0 Å². The van der Waals surface area contributed by atoms with E-state index in [1.165, 1.54) is 0 Å². The average Bonchev–Trinajstić information content (AvgIpc) is 2.34. The van der Waals surface area contributed by atoms with Crippen molar-refractivity contribution >= 4 is 6.21 Å². The molecule has 0 aliphatic carbocycles. The zero-order valence-corrected chi connectivity index (χ0v) is 6.16. The van der Waals surface area contributed by atoms with E-state index in [9.17, 15) is 0 Å². The van der Waals surface area contributed by atoms with Crippen LogP contribution < -0.4 is 0 Å². The maximum atomic E-state index is 5.52.